The van der Waals surface area contributed by atoms with Crippen molar-refractivity contribution >= 4 is 5.97 Å². The molecule has 3 saturated carbocycles. The van der Waals surface area contributed by atoms with Crippen molar-refractivity contribution in [2.75, 3.05) is 0 Å². The number of rotatable bonds is 5. The van der Waals surface area contributed by atoms with Crippen molar-refractivity contribution in [2.45, 2.75) is 125 Å². The second-order valence-electron chi connectivity index (χ2n) is 13.9. The van der Waals surface area contributed by atoms with Crippen LogP contribution in [0, 0.1) is 45.8 Å². The molecule has 4 aliphatic rings. The van der Waals surface area contributed by atoms with Crippen LogP contribution in [0.5, 0.6) is 0 Å². The van der Waals surface area contributed by atoms with E-state index < -0.39 is 0 Å². The number of allylic oxidation sites excluding steroid dienone is 1. The summed E-state index contributed by atoms with van der Waals surface area (Å²) in [5, 5.41) is 0. The van der Waals surface area contributed by atoms with Crippen LogP contribution in [-0.4, -0.2) is 12.1 Å². The lowest BCUT2D eigenvalue weighted by Crippen LogP contribution is -2.51. The van der Waals surface area contributed by atoms with Crippen LogP contribution in [0.3, 0.4) is 0 Å². The first-order valence-electron chi connectivity index (χ1n) is 13.8. The van der Waals surface area contributed by atoms with Crippen LogP contribution in [0.1, 0.15) is 119 Å². The summed E-state index contributed by atoms with van der Waals surface area (Å²) in [5.74, 6) is 4.31. The Morgan fingerprint density at radius 3 is 2.56 bits per heavy atom. The fourth-order valence-corrected chi connectivity index (χ4v) is 9.09. The van der Waals surface area contributed by atoms with Crippen molar-refractivity contribution in [2.24, 2.45) is 45.8 Å². The van der Waals surface area contributed by atoms with Gasteiger partial charge >= 0.3 is 5.97 Å². The molecule has 0 unspecified atom stereocenters. The maximum absolute atomic E-state index is 11.5. The summed E-state index contributed by atoms with van der Waals surface area (Å²) < 4.78 is 5.62. The zero-order valence-corrected chi connectivity index (χ0v) is 22.1. The Morgan fingerprint density at radius 1 is 1.12 bits per heavy atom. The van der Waals surface area contributed by atoms with Gasteiger partial charge in [0.05, 0.1) is 0 Å². The first kappa shape index (κ1) is 24.3. The second-order valence-corrected chi connectivity index (χ2v) is 13.9. The largest absolute Gasteiger partial charge is 0.462 e. The monoisotopic (exact) mass is 442 g/mol. The lowest BCUT2D eigenvalue weighted by molar-refractivity contribution is -0.148. The average Bonchev–Trinajstić information content (AvgIpc) is 3.04. The summed E-state index contributed by atoms with van der Waals surface area (Å²) >= 11 is 0. The van der Waals surface area contributed by atoms with Gasteiger partial charge in [-0.25, -0.2) is 0 Å². The van der Waals surface area contributed by atoms with Crippen LogP contribution < -0.4 is 0 Å². The first-order chi connectivity index (χ1) is 14.9. The molecule has 0 aliphatic heterocycles. The molecule has 0 spiro atoms. The van der Waals surface area contributed by atoms with Gasteiger partial charge in [-0.2, -0.15) is 0 Å². The molecule has 0 saturated heterocycles. The highest BCUT2D eigenvalue weighted by Gasteiger charge is 2.59. The summed E-state index contributed by atoms with van der Waals surface area (Å²) in [7, 11) is 0. The minimum absolute atomic E-state index is 0.113. The van der Waals surface area contributed by atoms with Crippen LogP contribution in [0.4, 0.5) is 0 Å². The molecular weight excluding hydrogens is 392 g/mol. The quantitative estimate of drug-likeness (QED) is 0.316. The smallest absolute Gasteiger partial charge is 0.302 e. The van der Waals surface area contributed by atoms with Crippen LogP contribution in [0.25, 0.3) is 0 Å². The molecule has 0 heterocycles. The van der Waals surface area contributed by atoms with Gasteiger partial charge in [0.2, 0.25) is 0 Å². The molecular formula is C30H50O2. The Labute approximate surface area is 198 Å². The van der Waals surface area contributed by atoms with Crippen molar-refractivity contribution < 1.29 is 9.53 Å². The molecule has 182 valence electrons. The van der Waals surface area contributed by atoms with Crippen molar-refractivity contribution in [3.8, 4) is 0 Å². The summed E-state index contributed by atoms with van der Waals surface area (Å²) in [4.78, 5) is 11.5. The topological polar surface area (TPSA) is 26.3 Å². The van der Waals surface area contributed by atoms with E-state index in [0.29, 0.717) is 16.2 Å². The molecule has 0 aromatic carbocycles. The van der Waals surface area contributed by atoms with Gasteiger partial charge in [-0.1, -0.05) is 66.0 Å². The molecule has 4 rings (SSSR count). The van der Waals surface area contributed by atoms with Crippen molar-refractivity contribution in [1.29, 1.82) is 0 Å². The van der Waals surface area contributed by atoms with Crippen LogP contribution in [0.2, 0.25) is 0 Å². The lowest BCUT2D eigenvalue weighted by Gasteiger charge is -2.58. The molecule has 4 aliphatic carbocycles. The number of carbonyl (C=O) groups excluding carboxylic acids is 1. The highest BCUT2D eigenvalue weighted by molar-refractivity contribution is 5.66. The number of carbonyl (C=O) groups is 1. The standard InChI is InChI=1S/C30H50O2/c1-20(9-8-16-28(3,4)5)25-12-13-26-24-11-10-22-19-23(32-21(2)31)14-17-29(22,6)27(24)15-18-30(25,26)7/h10,20,23-27H,8-9,11-19H2,1-7H3/t20-,23+,24+,25-,26+,27+,29+,30-/m1/s1. The molecule has 32 heavy (non-hydrogen) atoms. The van der Waals surface area contributed by atoms with Crippen LogP contribution in [0.15, 0.2) is 11.6 Å². The van der Waals surface area contributed by atoms with Crippen molar-refractivity contribution in [3.05, 3.63) is 11.6 Å². The summed E-state index contributed by atoms with van der Waals surface area (Å²) in [6.07, 6.45) is 17.1. The fraction of sp³-hybridized carbons (Fsp3) is 0.900. The Bertz CT molecular complexity index is 730. The SMILES string of the molecule is CC(=O)O[C@H]1CC[C@@]2(C)C(=CC[C@H]3[C@@H]4CC[C@H]([C@H](C)CCCC(C)(C)C)[C@@]4(C)CC[C@@H]32)C1. The molecule has 3 fully saturated rings. The van der Waals surface area contributed by atoms with Gasteiger partial charge in [-0.3, -0.25) is 4.79 Å². The van der Waals surface area contributed by atoms with Gasteiger partial charge in [0.15, 0.2) is 0 Å². The van der Waals surface area contributed by atoms with E-state index in [1.165, 1.54) is 57.8 Å². The molecule has 0 N–H and O–H groups in total. The van der Waals surface area contributed by atoms with E-state index >= 15 is 0 Å². The molecule has 0 aromatic rings. The number of esters is 1. The average molecular weight is 443 g/mol. The Morgan fingerprint density at radius 2 is 1.88 bits per heavy atom. The summed E-state index contributed by atoms with van der Waals surface area (Å²) in [5.41, 5.74) is 2.98. The van der Waals surface area contributed by atoms with Gasteiger partial charge in [0, 0.05) is 13.3 Å². The maximum Gasteiger partial charge on any atom is 0.302 e. The molecule has 0 bridgehead atoms. The van der Waals surface area contributed by atoms with Crippen molar-refractivity contribution in [1.82, 2.24) is 0 Å². The Hall–Kier alpha value is -0.790. The predicted molar refractivity (Wildman–Crippen MR) is 133 cm³/mol. The van der Waals surface area contributed by atoms with E-state index in [2.05, 4.69) is 47.6 Å². The molecule has 2 nitrogen and oxygen atoms in total. The van der Waals surface area contributed by atoms with Gasteiger partial charge in [0.25, 0.3) is 0 Å². The third-order valence-electron chi connectivity index (χ3n) is 10.7. The molecule has 0 aromatic heterocycles. The minimum atomic E-state index is -0.116. The maximum atomic E-state index is 11.5. The fourth-order valence-electron chi connectivity index (χ4n) is 9.09. The van der Waals surface area contributed by atoms with E-state index in [0.717, 1.165) is 42.4 Å². The number of fused-ring (bicyclic) bond motifs is 5. The van der Waals surface area contributed by atoms with Gasteiger partial charge in [0.1, 0.15) is 6.10 Å². The molecule has 2 heteroatoms. The molecule has 0 amide bonds. The normalized spacial score (nSPS) is 42.3. The summed E-state index contributed by atoms with van der Waals surface area (Å²) in [6, 6.07) is 0. The van der Waals surface area contributed by atoms with E-state index in [1.54, 1.807) is 12.5 Å². The highest BCUT2D eigenvalue weighted by Crippen LogP contribution is 2.67. The lowest BCUT2D eigenvalue weighted by atomic mass is 9.47. The van der Waals surface area contributed by atoms with E-state index in [-0.39, 0.29) is 12.1 Å². The van der Waals surface area contributed by atoms with E-state index in [9.17, 15) is 4.79 Å². The number of hydrogen-bond acceptors (Lipinski definition) is 2. The van der Waals surface area contributed by atoms with Gasteiger partial charge in [-0.05, 0) is 97.2 Å². The molecule has 8 atom stereocenters. The number of hydrogen-bond donors (Lipinski definition) is 0. The zero-order valence-electron chi connectivity index (χ0n) is 22.1. The Balaban J connectivity index is 1.45. The molecule has 0 radical (unpaired) electrons. The van der Waals surface area contributed by atoms with Crippen molar-refractivity contribution in [3.63, 3.8) is 0 Å². The van der Waals surface area contributed by atoms with Crippen LogP contribution >= 0.6 is 0 Å². The zero-order chi connectivity index (χ0) is 23.3. The Kier molecular flexibility index (Phi) is 6.67. The number of ether oxygens (including phenoxy) is 1. The van der Waals surface area contributed by atoms with E-state index in [1.807, 2.05) is 0 Å². The third-order valence-corrected chi connectivity index (χ3v) is 10.7. The first-order valence-corrected chi connectivity index (χ1v) is 13.8. The predicted octanol–water partition coefficient (Wildman–Crippen LogP) is 8.35. The van der Waals surface area contributed by atoms with Gasteiger partial charge in [-0.15, -0.1) is 0 Å². The highest BCUT2D eigenvalue weighted by atomic mass is 16.5. The van der Waals surface area contributed by atoms with Crippen LogP contribution in [-0.2, 0) is 9.53 Å². The third kappa shape index (κ3) is 4.46. The van der Waals surface area contributed by atoms with Gasteiger partial charge < -0.3 is 4.74 Å². The van der Waals surface area contributed by atoms with E-state index in [4.69, 9.17) is 4.74 Å². The summed E-state index contributed by atoms with van der Waals surface area (Å²) in [6.45, 7) is 16.5. The second kappa shape index (κ2) is 8.77. The minimum Gasteiger partial charge on any atom is -0.462 e.